The number of hydrogen-bond acceptors (Lipinski definition) is 3. The molecule has 0 bridgehead atoms. The van der Waals surface area contributed by atoms with Gasteiger partial charge in [-0.1, -0.05) is 24.3 Å². The molecular weight excluding hydrogens is 166 g/mol. The van der Waals surface area contributed by atoms with Crippen molar-refractivity contribution in [2.75, 3.05) is 0 Å². The first kappa shape index (κ1) is 8.69. The lowest BCUT2D eigenvalue weighted by atomic mass is 9.94. The van der Waals surface area contributed by atoms with Crippen LogP contribution in [0.2, 0.25) is 0 Å². The van der Waals surface area contributed by atoms with Gasteiger partial charge in [0.15, 0.2) is 0 Å². The highest BCUT2D eigenvalue weighted by Gasteiger charge is 2.44. The average molecular weight is 179 g/mol. The van der Waals surface area contributed by atoms with Gasteiger partial charge in [-0.05, 0) is 18.1 Å². The van der Waals surface area contributed by atoms with Crippen LogP contribution in [0.4, 0.5) is 0 Å². The smallest absolute Gasteiger partial charge is 0.107 e. The van der Waals surface area contributed by atoms with Crippen LogP contribution in [0.3, 0.4) is 0 Å². The van der Waals surface area contributed by atoms with E-state index in [0.29, 0.717) is 0 Å². The van der Waals surface area contributed by atoms with Crippen LogP contribution >= 0.6 is 0 Å². The molecule has 0 radical (unpaired) electrons. The molecule has 0 aliphatic heterocycles. The Bertz CT molecular complexity index is 335. The Morgan fingerprint density at radius 2 is 1.92 bits per heavy atom. The Hall–Kier alpha value is -0.900. The van der Waals surface area contributed by atoms with E-state index in [9.17, 15) is 10.2 Å². The van der Waals surface area contributed by atoms with Gasteiger partial charge in [0.2, 0.25) is 0 Å². The van der Waals surface area contributed by atoms with E-state index in [1.807, 2.05) is 18.2 Å². The van der Waals surface area contributed by atoms with Crippen LogP contribution < -0.4 is 5.73 Å². The molecule has 1 aliphatic carbocycles. The van der Waals surface area contributed by atoms with Crippen molar-refractivity contribution in [1.82, 2.24) is 0 Å². The molecular formula is C10H13NO2. The van der Waals surface area contributed by atoms with Crippen molar-refractivity contribution >= 4 is 0 Å². The number of aliphatic hydroxyl groups is 2. The second kappa shape index (κ2) is 2.54. The normalized spacial score (nSPS) is 37.5. The van der Waals surface area contributed by atoms with E-state index in [4.69, 9.17) is 5.73 Å². The highest BCUT2D eigenvalue weighted by Crippen LogP contribution is 2.41. The molecule has 13 heavy (non-hydrogen) atoms. The van der Waals surface area contributed by atoms with Gasteiger partial charge in [0.1, 0.15) is 12.2 Å². The molecule has 0 saturated carbocycles. The number of fused-ring (bicyclic) bond motifs is 1. The SMILES string of the molecule is CC1(N)c2ccccc2[C@H](O)[C@H]1O. The summed E-state index contributed by atoms with van der Waals surface area (Å²) < 4.78 is 0. The van der Waals surface area contributed by atoms with Crippen LogP contribution in [0.15, 0.2) is 24.3 Å². The average Bonchev–Trinajstić information content (AvgIpc) is 2.30. The molecule has 4 N–H and O–H groups in total. The zero-order chi connectivity index (χ0) is 9.64. The highest BCUT2D eigenvalue weighted by molar-refractivity contribution is 5.41. The van der Waals surface area contributed by atoms with Crippen LogP contribution in [0.1, 0.15) is 24.2 Å². The maximum absolute atomic E-state index is 9.67. The Kier molecular flexibility index (Phi) is 1.70. The molecule has 3 atom stereocenters. The fraction of sp³-hybridized carbons (Fsp3) is 0.400. The molecule has 70 valence electrons. The topological polar surface area (TPSA) is 66.5 Å². The van der Waals surface area contributed by atoms with Crippen molar-refractivity contribution in [2.45, 2.75) is 24.7 Å². The molecule has 3 heteroatoms. The van der Waals surface area contributed by atoms with Crippen LogP contribution in [0, 0.1) is 0 Å². The lowest BCUT2D eigenvalue weighted by Crippen LogP contribution is -2.42. The molecule has 0 saturated heterocycles. The third kappa shape index (κ3) is 1.01. The van der Waals surface area contributed by atoms with Gasteiger partial charge < -0.3 is 15.9 Å². The Balaban J connectivity index is 2.61. The second-order valence-corrected chi connectivity index (χ2v) is 3.76. The van der Waals surface area contributed by atoms with Crippen LogP contribution in [-0.2, 0) is 5.54 Å². The molecule has 0 amide bonds. The van der Waals surface area contributed by atoms with Crippen molar-refractivity contribution in [3.05, 3.63) is 35.4 Å². The van der Waals surface area contributed by atoms with Crippen LogP contribution in [0.5, 0.6) is 0 Å². The van der Waals surface area contributed by atoms with E-state index in [-0.39, 0.29) is 0 Å². The summed E-state index contributed by atoms with van der Waals surface area (Å²) in [7, 11) is 0. The van der Waals surface area contributed by atoms with Crippen LogP contribution in [0.25, 0.3) is 0 Å². The summed E-state index contributed by atoms with van der Waals surface area (Å²) in [6.07, 6.45) is -1.77. The van der Waals surface area contributed by atoms with E-state index in [1.165, 1.54) is 0 Å². The minimum atomic E-state index is -0.912. The molecule has 0 fully saturated rings. The van der Waals surface area contributed by atoms with Gasteiger partial charge in [-0.15, -0.1) is 0 Å². The van der Waals surface area contributed by atoms with Gasteiger partial charge in [0.05, 0.1) is 5.54 Å². The number of nitrogens with two attached hydrogens (primary N) is 1. The summed E-state index contributed by atoms with van der Waals surface area (Å²) in [5.74, 6) is 0. The minimum absolute atomic E-state index is 0.736. The standard InChI is InChI=1S/C10H13NO2/c1-10(11)7-5-3-2-4-6(7)8(12)9(10)13/h2-5,8-9,12-13H,11H2,1H3/t8-,9+,10?/m0/s1. The highest BCUT2D eigenvalue weighted by atomic mass is 16.3. The molecule has 0 heterocycles. The number of aliphatic hydroxyl groups excluding tert-OH is 2. The summed E-state index contributed by atoms with van der Waals surface area (Å²) in [4.78, 5) is 0. The summed E-state index contributed by atoms with van der Waals surface area (Å²) >= 11 is 0. The molecule has 0 aromatic heterocycles. The van der Waals surface area contributed by atoms with Crippen molar-refractivity contribution in [1.29, 1.82) is 0 Å². The number of hydrogen-bond donors (Lipinski definition) is 3. The monoisotopic (exact) mass is 179 g/mol. The van der Waals surface area contributed by atoms with E-state index >= 15 is 0 Å². The van der Waals surface area contributed by atoms with E-state index < -0.39 is 17.7 Å². The van der Waals surface area contributed by atoms with E-state index in [1.54, 1.807) is 13.0 Å². The fourth-order valence-corrected chi connectivity index (χ4v) is 1.90. The van der Waals surface area contributed by atoms with Crippen molar-refractivity contribution in [2.24, 2.45) is 5.73 Å². The molecule has 1 aliphatic rings. The van der Waals surface area contributed by atoms with E-state index in [0.717, 1.165) is 11.1 Å². The van der Waals surface area contributed by atoms with Gasteiger partial charge in [0, 0.05) is 0 Å². The maximum Gasteiger partial charge on any atom is 0.107 e. The first-order valence-corrected chi connectivity index (χ1v) is 4.29. The third-order valence-corrected chi connectivity index (χ3v) is 2.77. The zero-order valence-electron chi connectivity index (χ0n) is 7.44. The zero-order valence-corrected chi connectivity index (χ0v) is 7.44. The van der Waals surface area contributed by atoms with Gasteiger partial charge >= 0.3 is 0 Å². The van der Waals surface area contributed by atoms with E-state index in [2.05, 4.69) is 0 Å². The number of benzene rings is 1. The van der Waals surface area contributed by atoms with Crippen LogP contribution in [-0.4, -0.2) is 16.3 Å². The molecule has 1 aromatic rings. The summed E-state index contributed by atoms with van der Waals surface area (Å²) in [5.41, 5.74) is 6.64. The van der Waals surface area contributed by atoms with Gasteiger partial charge in [-0.2, -0.15) is 0 Å². The fourth-order valence-electron chi connectivity index (χ4n) is 1.90. The Labute approximate surface area is 76.8 Å². The quantitative estimate of drug-likeness (QED) is 0.535. The summed E-state index contributed by atoms with van der Waals surface area (Å²) in [6, 6.07) is 7.32. The predicted octanol–water partition coefficient (Wildman–Crippen LogP) is 0.268. The minimum Gasteiger partial charge on any atom is -0.388 e. The lowest BCUT2D eigenvalue weighted by Gasteiger charge is -2.24. The Morgan fingerprint density at radius 3 is 2.54 bits per heavy atom. The van der Waals surface area contributed by atoms with Crippen molar-refractivity contribution in [3.8, 4) is 0 Å². The van der Waals surface area contributed by atoms with Gasteiger partial charge in [-0.3, -0.25) is 0 Å². The second-order valence-electron chi connectivity index (χ2n) is 3.76. The number of rotatable bonds is 0. The van der Waals surface area contributed by atoms with Crippen molar-refractivity contribution in [3.63, 3.8) is 0 Å². The summed E-state index contributed by atoms with van der Waals surface area (Å²) in [6.45, 7) is 1.73. The third-order valence-electron chi connectivity index (χ3n) is 2.77. The Morgan fingerprint density at radius 1 is 1.31 bits per heavy atom. The molecule has 0 spiro atoms. The van der Waals surface area contributed by atoms with Crippen molar-refractivity contribution < 1.29 is 10.2 Å². The van der Waals surface area contributed by atoms with Gasteiger partial charge in [-0.25, -0.2) is 0 Å². The molecule has 3 nitrogen and oxygen atoms in total. The molecule has 1 aromatic carbocycles. The summed E-state index contributed by atoms with van der Waals surface area (Å²) in [5, 5.41) is 19.3. The molecule has 1 unspecified atom stereocenters. The maximum atomic E-state index is 9.67. The predicted molar refractivity (Wildman–Crippen MR) is 48.9 cm³/mol. The largest absolute Gasteiger partial charge is 0.388 e. The van der Waals surface area contributed by atoms with Gasteiger partial charge in [0.25, 0.3) is 0 Å². The first-order chi connectivity index (χ1) is 6.05. The first-order valence-electron chi connectivity index (χ1n) is 4.29. The molecule has 2 rings (SSSR count). The lowest BCUT2D eigenvalue weighted by molar-refractivity contribution is -0.00839.